The van der Waals surface area contributed by atoms with Gasteiger partial charge in [-0.2, -0.15) is 0 Å². The summed E-state index contributed by atoms with van der Waals surface area (Å²) in [5, 5.41) is 0.744. The molecule has 0 spiro atoms. The zero-order valence-corrected chi connectivity index (χ0v) is 7.82. The first-order chi connectivity index (χ1) is 5.27. The molecule has 0 saturated carbocycles. The van der Waals surface area contributed by atoms with Gasteiger partial charge in [-0.05, 0) is 23.8 Å². The van der Waals surface area contributed by atoms with Gasteiger partial charge in [0, 0.05) is 10.6 Å². The summed E-state index contributed by atoms with van der Waals surface area (Å²) in [6.45, 7) is 0.668. The molecule has 64 valence electrons. The van der Waals surface area contributed by atoms with Gasteiger partial charge in [0.05, 0.1) is 6.54 Å². The summed E-state index contributed by atoms with van der Waals surface area (Å²) in [5.41, 5.74) is 7.75. The maximum Gasteiger partial charge on any atom is 0.126 e. The Morgan fingerprint density at radius 1 is 1.42 bits per heavy atom. The summed E-state index contributed by atoms with van der Waals surface area (Å²) in [7, 11) is 0. The highest BCUT2D eigenvalue weighted by Crippen LogP contribution is 2.20. The van der Waals surface area contributed by atoms with Crippen molar-refractivity contribution in [2.24, 2.45) is 10.7 Å². The summed E-state index contributed by atoms with van der Waals surface area (Å²) in [5.74, 6) is 0.622. The Kier molecular flexibility index (Phi) is 2.60. The smallest absolute Gasteiger partial charge is 0.126 e. The minimum atomic E-state index is 0. The number of hydrogen-bond acceptors (Lipinski definition) is 2. The van der Waals surface area contributed by atoms with Gasteiger partial charge in [-0.15, -0.1) is 12.4 Å². The fraction of sp³-hybridized carbons (Fsp3) is 0.125. The van der Waals surface area contributed by atoms with Crippen molar-refractivity contribution in [1.29, 1.82) is 0 Å². The number of rotatable bonds is 0. The van der Waals surface area contributed by atoms with E-state index in [1.807, 2.05) is 18.2 Å². The molecule has 0 bridgehead atoms. The molecule has 2 N–H and O–H groups in total. The molecule has 0 unspecified atom stereocenters. The highest BCUT2D eigenvalue weighted by atomic mass is 35.5. The molecule has 0 atom stereocenters. The molecule has 0 amide bonds. The van der Waals surface area contributed by atoms with E-state index >= 15 is 0 Å². The van der Waals surface area contributed by atoms with Crippen molar-refractivity contribution in [2.75, 3.05) is 0 Å². The van der Waals surface area contributed by atoms with Gasteiger partial charge in [0.25, 0.3) is 0 Å². The largest absolute Gasteiger partial charge is 0.383 e. The van der Waals surface area contributed by atoms with Crippen LogP contribution in [0, 0.1) is 0 Å². The SMILES string of the molecule is Cl.NC1=NCc2cc(Cl)ccc21. The monoisotopic (exact) mass is 202 g/mol. The van der Waals surface area contributed by atoms with Gasteiger partial charge in [0.15, 0.2) is 0 Å². The van der Waals surface area contributed by atoms with Crippen LogP contribution in [0.25, 0.3) is 0 Å². The van der Waals surface area contributed by atoms with Gasteiger partial charge < -0.3 is 5.73 Å². The second-order valence-electron chi connectivity index (χ2n) is 2.50. The van der Waals surface area contributed by atoms with Crippen LogP contribution in [0.2, 0.25) is 5.02 Å². The van der Waals surface area contributed by atoms with E-state index < -0.39 is 0 Å². The first-order valence-electron chi connectivity index (χ1n) is 3.36. The molecular formula is C8H8Cl2N2. The van der Waals surface area contributed by atoms with E-state index in [4.69, 9.17) is 17.3 Å². The second-order valence-corrected chi connectivity index (χ2v) is 2.94. The van der Waals surface area contributed by atoms with E-state index in [0.29, 0.717) is 12.4 Å². The van der Waals surface area contributed by atoms with E-state index in [1.165, 1.54) is 0 Å². The number of halogens is 2. The minimum absolute atomic E-state index is 0. The molecule has 1 heterocycles. The third kappa shape index (κ3) is 1.40. The third-order valence-corrected chi connectivity index (χ3v) is 2.00. The Hall–Kier alpha value is -0.730. The lowest BCUT2D eigenvalue weighted by molar-refractivity contribution is 1.11. The van der Waals surface area contributed by atoms with E-state index in [9.17, 15) is 0 Å². The summed E-state index contributed by atoms with van der Waals surface area (Å²) >= 11 is 5.78. The average molecular weight is 203 g/mol. The van der Waals surface area contributed by atoms with Crippen molar-refractivity contribution in [1.82, 2.24) is 0 Å². The van der Waals surface area contributed by atoms with E-state index in [-0.39, 0.29) is 12.4 Å². The number of hydrogen-bond donors (Lipinski definition) is 1. The summed E-state index contributed by atoms with van der Waals surface area (Å²) < 4.78 is 0. The minimum Gasteiger partial charge on any atom is -0.383 e. The molecule has 0 aliphatic carbocycles. The quantitative estimate of drug-likeness (QED) is 0.687. The second kappa shape index (κ2) is 3.33. The lowest BCUT2D eigenvalue weighted by Crippen LogP contribution is -2.09. The Labute approximate surface area is 81.8 Å². The van der Waals surface area contributed by atoms with Gasteiger partial charge >= 0.3 is 0 Å². The molecular weight excluding hydrogens is 195 g/mol. The summed E-state index contributed by atoms with van der Waals surface area (Å²) in [4.78, 5) is 4.08. The Balaban J connectivity index is 0.000000720. The number of fused-ring (bicyclic) bond motifs is 1. The fourth-order valence-electron chi connectivity index (χ4n) is 1.20. The standard InChI is InChI=1S/C8H7ClN2.ClH/c9-6-1-2-7-5(3-6)4-11-8(7)10;/h1-3H,4H2,(H2,10,11);1H. The molecule has 1 aliphatic rings. The van der Waals surface area contributed by atoms with E-state index in [0.717, 1.165) is 16.1 Å². The number of nitrogens with two attached hydrogens (primary N) is 1. The predicted molar refractivity (Wildman–Crippen MR) is 53.1 cm³/mol. The van der Waals surface area contributed by atoms with Crippen molar-refractivity contribution in [3.8, 4) is 0 Å². The highest BCUT2D eigenvalue weighted by Gasteiger charge is 2.11. The van der Waals surface area contributed by atoms with Crippen molar-refractivity contribution in [2.45, 2.75) is 6.54 Å². The molecule has 0 aromatic heterocycles. The summed E-state index contributed by atoms with van der Waals surface area (Å²) in [6.07, 6.45) is 0. The molecule has 2 nitrogen and oxygen atoms in total. The van der Waals surface area contributed by atoms with Crippen LogP contribution in [-0.2, 0) is 6.54 Å². The number of amidine groups is 1. The van der Waals surface area contributed by atoms with Gasteiger partial charge in [-0.3, -0.25) is 4.99 Å². The lowest BCUT2D eigenvalue weighted by Gasteiger charge is -1.97. The van der Waals surface area contributed by atoms with Crippen LogP contribution in [0.15, 0.2) is 23.2 Å². The van der Waals surface area contributed by atoms with Gasteiger partial charge in [-0.1, -0.05) is 11.6 Å². The first kappa shape index (κ1) is 9.36. The van der Waals surface area contributed by atoms with Crippen molar-refractivity contribution in [3.05, 3.63) is 34.3 Å². The fourth-order valence-corrected chi connectivity index (χ4v) is 1.39. The van der Waals surface area contributed by atoms with Gasteiger partial charge in [0.2, 0.25) is 0 Å². The Morgan fingerprint density at radius 3 is 2.92 bits per heavy atom. The zero-order chi connectivity index (χ0) is 7.84. The van der Waals surface area contributed by atoms with Crippen LogP contribution in [0.5, 0.6) is 0 Å². The van der Waals surface area contributed by atoms with E-state index in [1.54, 1.807) is 0 Å². The maximum absolute atomic E-state index is 5.78. The normalized spacial score (nSPS) is 13.2. The molecule has 4 heteroatoms. The third-order valence-electron chi connectivity index (χ3n) is 1.76. The van der Waals surface area contributed by atoms with Crippen LogP contribution >= 0.6 is 24.0 Å². The molecule has 12 heavy (non-hydrogen) atoms. The van der Waals surface area contributed by atoms with Crippen molar-refractivity contribution < 1.29 is 0 Å². The highest BCUT2D eigenvalue weighted by molar-refractivity contribution is 6.30. The lowest BCUT2D eigenvalue weighted by atomic mass is 10.1. The topological polar surface area (TPSA) is 38.4 Å². The van der Waals surface area contributed by atoms with E-state index in [2.05, 4.69) is 4.99 Å². The number of nitrogens with zero attached hydrogens (tertiary/aromatic N) is 1. The van der Waals surface area contributed by atoms with Gasteiger partial charge in [0.1, 0.15) is 5.84 Å². The predicted octanol–water partition coefficient (Wildman–Crippen LogP) is 1.98. The maximum atomic E-state index is 5.78. The summed E-state index contributed by atoms with van der Waals surface area (Å²) in [6, 6.07) is 5.64. The molecule has 2 rings (SSSR count). The van der Waals surface area contributed by atoms with Crippen LogP contribution in [-0.4, -0.2) is 5.84 Å². The Morgan fingerprint density at radius 2 is 2.17 bits per heavy atom. The van der Waals surface area contributed by atoms with Crippen molar-refractivity contribution in [3.63, 3.8) is 0 Å². The average Bonchev–Trinajstić information content (AvgIpc) is 2.32. The molecule has 0 fully saturated rings. The van der Waals surface area contributed by atoms with Crippen LogP contribution < -0.4 is 5.73 Å². The zero-order valence-electron chi connectivity index (χ0n) is 6.25. The van der Waals surface area contributed by atoms with Crippen molar-refractivity contribution >= 4 is 29.8 Å². The first-order valence-corrected chi connectivity index (χ1v) is 3.74. The molecule has 0 saturated heterocycles. The molecule has 0 radical (unpaired) electrons. The van der Waals surface area contributed by atoms with Crippen LogP contribution in [0.3, 0.4) is 0 Å². The molecule has 1 aromatic carbocycles. The van der Waals surface area contributed by atoms with Crippen LogP contribution in [0.4, 0.5) is 0 Å². The number of aliphatic imine (C=N–C) groups is 1. The number of benzene rings is 1. The Bertz CT molecular complexity index is 334. The molecule has 1 aliphatic heterocycles. The van der Waals surface area contributed by atoms with Gasteiger partial charge in [-0.25, -0.2) is 0 Å². The van der Waals surface area contributed by atoms with Crippen LogP contribution in [0.1, 0.15) is 11.1 Å². The molecule has 1 aromatic rings.